The predicted octanol–water partition coefficient (Wildman–Crippen LogP) is 4.36. The molecule has 0 aliphatic carbocycles. The molecule has 0 saturated heterocycles. The van der Waals surface area contributed by atoms with Gasteiger partial charge in [0.25, 0.3) is 17.0 Å². The van der Waals surface area contributed by atoms with Crippen LogP contribution < -0.4 is 28.0 Å². The summed E-state index contributed by atoms with van der Waals surface area (Å²) in [6.45, 7) is 1.47. The van der Waals surface area contributed by atoms with Gasteiger partial charge in [0.15, 0.2) is 0 Å². The topological polar surface area (TPSA) is 148 Å². The van der Waals surface area contributed by atoms with Crippen molar-refractivity contribution in [2.45, 2.75) is 19.3 Å². The van der Waals surface area contributed by atoms with Crippen LogP contribution in [0.5, 0.6) is 0 Å². The third-order valence-electron chi connectivity index (χ3n) is 6.83. The van der Waals surface area contributed by atoms with Gasteiger partial charge in [-0.05, 0) is 31.2 Å². The number of carbonyl (C=O) groups excluding carboxylic acids is 1. The number of alkyl halides is 6. The van der Waals surface area contributed by atoms with E-state index in [9.17, 15) is 59.1 Å². The fourth-order valence-electron chi connectivity index (χ4n) is 4.44. The maximum Gasteiger partial charge on any atom is 0.431 e. The highest BCUT2D eigenvalue weighted by molar-refractivity contribution is 6.34. The second kappa shape index (κ2) is 15.5. The van der Waals surface area contributed by atoms with Crippen molar-refractivity contribution in [1.29, 1.82) is 0 Å². The standard InChI is InChI=1S/C15H12ClF4N3O3.C14H10ClF4N3O4/c1-7(21-26-3)8-4-11(10(17)5-9(8)16)23-13(24)6-12(15(18,19)20)22(2)14(23)25;1-21-10(14(17,18)19)5-11(23)22(13(21)25)9-3-6(12(24)20-26-2)7(15)4-8(9)16/h4-6H,1-3H3;3-5H,1-2H3,(H,20,24)/b21-7+;. The Kier molecular flexibility index (Phi) is 12.3. The largest absolute Gasteiger partial charge is 0.431 e. The van der Waals surface area contributed by atoms with Crippen LogP contribution in [-0.4, -0.2) is 44.1 Å². The van der Waals surface area contributed by atoms with Gasteiger partial charge in [-0.15, -0.1) is 0 Å². The number of halogens is 10. The first-order valence-electron chi connectivity index (χ1n) is 13.7. The van der Waals surface area contributed by atoms with Gasteiger partial charge < -0.3 is 4.84 Å². The molecule has 0 bridgehead atoms. The molecule has 0 aliphatic rings. The molecule has 2 aromatic carbocycles. The number of carbonyl (C=O) groups is 1. The second-order valence-electron chi connectivity index (χ2n) is 10.1. The minimum atomic E-state index is -4.96. The minimum Gasteiger partial charge on any atom is -0.399 e. The summed E-state index contributed by atoms with van der Waals surface area (Å²) in [6.07, 6.45) is -9.88. The number of oxime groups is 1. The molecule has 23 heteroatoms. The predicted molar refractivity (Wildman–Crippen MR) is 168 cm³/mol. The smallest absolute Gasteiger partial charge is 0.399 e. The van der Waals surface area contributed by atoms with Crippen molar-refractivity contribution in [3.63, 3.8) is 0 Å². The van der Waals surface area contributed by atoms with Gasteiger partial charge in [-0.3, -0.25) is 28.4 Å². The fourth-order valence-corrected chi connectivity index (χ4v) is 4.96. The number of nitrogens with one attached hydrogen (secondary N) is 1. The van der Waals surface area contributed by atoms with E-state index in [1.807, 2.05) is 5.48 Å². The Morgan fingerprint density at radius 1 is 0.712 bits per heavy atom. The van der Waals surface area contributed by atoms with Crippen LogP contribution in [0.3, 0.4) is 0 Å². The van der Waals surface area contributed by atoms with E-state index in [4.69, 9.17) is 23.2 Å². The highest BCUT2D eigenvalue weighted by Crippen LogP contribution is 2.29. The van der Waals surface area contributed by atoms with Gasteiger partial charge in [-0.1, -0.05) is 28.4 Å². The molecule has 13 nitrogen and oxygen atoms in total. The lowest BCUT2D eigenvalue weighted by Gasteiger charge is -2.15. The first-order valence-corrected chi connectivity index (χ1v) is 14.4. The van der Waals surface area contributed by atoms with Gasteiger partial charge in [-0.2, -0.15) is 26.3 Å². The van der Waals surface area contributed by atoms with Crippen molar-refractivity contribution in [3.05, 3.63) is 122 Å². The molecule has 0 unspecified atom stereocenters. The maximum atomic E-state index is 14.3. The lowest BCUT2D eigenvalue weighted by molar-refractivity contribution is -0.144. The van der Waals surface area contributed by atoms with Gasteiger partial charge in [0.2, 0.25) is 0 Å². The lowest BCUT2D eigenvalue weighted by atomic mass is 10.1. The van der Waals surface area contributed by atoms with Crippen molar-refractivity contribution < 1.29 is 49.6 Å². The van der Waals surface area contributed by atoms with Crippen molar-refractivity contribution in [1.82, 2.24) is 23.7 Å². The number of aromatic nitrogens is 4. The molecule has 280 valence electrons. The Morgan fingerprint density at radius 2 is 1.10 bits per heavy atom. The van der Waals surface area contributed by atoms with E-state index in [-0.39, 0.29) is 57.3 Å². The summed E-state index contributed by atoms with van der Waals surface area (Å²) in [5, 5.41) is 3.17. The molecule has 0 fully saturated rings. The fraction of sp³-hybridized carbons (Fsp3) is 0.241. The summed E-state index contributed by atoms with van der Waals surface area (Å²) < 4.78 is 107. The summed E-state index contributed by atoms with van der Waals surface area (Å²) in [5.41, 5.74) is -7.96. The zero-order valence-corrected chi connectivity index (χ0v) is 28.3. The molecule has 1 N–H and O–H groups in total. The highest BCUT2D eigenvalue weighted by Gasteiger charge is 2.36. The molecule has 1 amide bonds. The van der Waals surface area contributed by atoms with Crippen molar-refractivity contribution >= 4 is 34.8 Å². The SMILES string of the molecule is CO/N=C(\C)c1cc(-n2c(=O)cc(C(F)(F)F)n(C)c2=O)c(F)cc1Cl.CONC(=O)c1cc(-n2c(=O)cc(C(F)(F)F)n(C)c2=O)c(F)cc1Cl. The molecule has 0 radical (unpaired) electrons. The molecule has 0 saturated carbocycles. The van der Waals surface area contributed by atoms with Gasteiger partial charge in [0, 0.05) is 31.8 Å². The number of benzene rings is 2. The molecule has 0 spiro atoms. The molecule has 0 atom stereocenters. The van der Waals surface area contributed by atoms with E-state index in [1.54, 1.807) is 0 Å². The summed E-state index contributed by atoms with van der Waals surface area (Å²) in [4.78, 5) is 69.4. The van der Waals surface area contributed by atoms with Crippen molar-refractivity contribution in [3.8, 4) is 11.4 Å². The van der Waals surface area contributed by atoms with Crippen LogP contribution in [0.15, 0.2) is 60.7 Å². The van der Waals surface area contributed by atoms with E-state index < -0.39 is 75.2 Å². The van der Waals surface area contributed by atoms with Gasteiger partial charge in [-0.25, -0.2) is 33.0 Å². The van der Waals surface area contributed by atoms with E-state index >= 15 is 0 Å². The Morgan fingerprint density at radius 3 is 1.46 bits per heavy atom. The van der Waals surface area contributed by atoms with Crippen LogP contribution in [0.4, 0.5) is 35.1 Å². The lowest BCUT2D eigenvalue weighted by Crippen LogP contribution is -2.41. The molecular weight excluding hydrogens is 767 g/mol. The Hall–Kier alpha value is -5.28. The normalized spacial score (nSPS) is 11.9. The average Bonchev–Trinajstić information content (AvgIpc) is 3.02. The van der Waals surface area contributed by atoms with E-state index in [1.165, 1.54) is 14.0 Å². The van der Waals surface area contributed by atoms with Crippen molar-refractivity contribution in [2.75, 3.05) is 14.2 Å². The van der Waals surface area contributed by atoms with Gasteiger partial charge in [0.1, 0.15) is 30.1 Å². The molecule has 2 aromatic heterocycles. The zero-order valence-electron chi connectivity index (χ0n) is 26.8. The Balaban J connectivity index is 0.000000280. The number of hydroxylamine groups is 1. The summed E-state index contributed by atoms with van der Waals surface area (Å²) in [5.74, 6) is -3.18. The van der Waals surface area contributed by atoms with Gasteiger partial charge in [0.05, 0.1) is 39.8 Å². The highest BCUT2D eigenvalue weighted by atomic mass is 35.5. The quantitative estimate of drug-likeness (QED) is 0.174. The molecule has 4 rings (SSSR count). The van der Waals surface area contributed by atoms with Crippen LogP contribution >= 0.6 is 23.2 Å². The van der Waals surface area contributed by atoms with Crippen molar-refractivity contribution in [2.24, 2.45) is 19.3 Å². The monoisotopic (exact) mass is 788 g/mol. The maximum absolute atomic E-state index is 14.3. The second-order valence-corrected chi connectivity index (χ2v) is 11.0. The third kappa shape index (κ3) is 8.43. The van der Waals surface area contributed by atoms with Crippen LogP contribution in [0, 0.1) is 11.6 Å². The molecule has 2 heterocycles. The van der Waals surface area contributed by atoms with Crippen LogP contribution in [-0.2, 0) is 36.1 Å². The molecular formula is C29H22Cl2F8N6O7. The number of nitrogens with zero attached hydrogens (tertiary/aromatic N) is 5. The Labute approximate surface area is 294 Å². The summed E-state index contributed by atoms with van der Waals surface area (Å²) in [7, 11) is 3.98. The number of hydrogen-bond acceptors (Lipinski definition) is 8. The van der Waals surface area contributed by atoms with Crippen LogP contribution in [0.25, 0.3) is 11.4 Å². The summed E-state index contributed by atoms with van der Waals surface area (Å²) in [6, 6.07) is 3.61. The number of rotatable bonds is 6. The number of hydrogen-bond donors (Lipinski definition) is 1. The average molecular weight is 789 g/mol. The van der Waals surface area contributed by atoms with Crippen LogP contribution in [0.1, 0.15) is 34.2 Å². The zero-order chi connectivity index (χ0) is 39.6. The van der Waals surface area contributed by atoms with E-state index in [2.05, 4.69) is 14.8 Å². The van der Waals surface area contributed by atoms with E-state index in [0.29, 0.717) is 6.07 Å². The molecule has 52 heavy (non-hydrogen) atoms. The molecule has 0 aliphatic heterocycles. The third-order valence-corrected chi connectivity index (χ3v) is 7.46. The van der Waals surface area contributed by atoms with Crippen LogP contribution in [0.2, 0.25) is 10.0 Å². The van der Waals surface area contributed by atoms with E-state index in [0.717, 1.165) is 39.4 Å². The number of amides is 1. The first kappa shape index (κ1) is 41.1. The van der Waals surface area contributed by atoms with Gasteiger partial charge >= 0.3 is 23.7 Å². The molecule has 4 aromatic rings. The summed E-state index contributed by atoms with van der Waals surface area (Å²) >= 11 is 11.7. The minimum absolute atomic E-state index is 0.0821. The Bertz CT molecular complexity index is 2330. The first-order chi connectivity index (χ1) is 24.0.